The molecule has 0 aliphatic rings. The highest BCUT2D eigenvalue weighted by Gasteiger charge is 2.23. The summed E-state index contributed by atoms with van der Waals surface area (Å²) in [5, 5.41) is 14.0. The molecule has 1 aromatic carbocycles. The van der Waals surface area contributed by atoms with Gasteiger partial charge < -0.3 is 10.1 Å². The lowest BCUT2D eigenvalue weighted by atomic mass is 10.1. The van der Waals surface area contributed by atoms with Gasteiger partial charge in [0.2, 0.25) is 0 Å². The largest absolute Gasteiger partial charge is 0.465 e. The Morgan fingerprint density at radius 1 is 1.45 bits per heavy atom. The van der Waals surface area contributed by atoms with Crippen LogP contribution < -0.4 is 5.32 Å². The zero-order valence-corrected chi connectivity index (χ0v) is 11.6. The minimum absolute atomic E-state index is 0.00271. The van der Waals surface area contributed by atoms with Crippen LogP contribution in [0.5, 0.6) is 0 Å². The second kappa shape index (κ2) is 6.83. The first-order valence-electron chi connectivity index (χ1n) is 6.27. The summed E-state index contributed by atoms with van der Waals surface area (Å²) < 4.78 is 18.2. The number of halogens is 1. The lowest BCUT2D eigenvalue weighted by Gasteiger charge is -2.16. The van der Waals surface area contributed by atoms with Crippen molar-refractivity contribution in [1.82, 2.24) is 0 Å². The Morgan fingerprint density at radius 3 is 2.50 bits per heavy atom. The summed E-state index contributed by atoms with van der Waals surface area (Å²) in [6.45, 7) is 3.85. The second-order valence-electron chi connectivity index (χ2n) is 4.26. The van der Waals surface area contributed by atoms with E-state index in [9.17, 15) is 19.3 Å². The minimum Gasteiger partial charge on any atom is -0.465 e. The van der Waals surface area contributed by atoms with Crippen LogP contribution in [0.25, 0.3) is 0 Å². The first-order valence-corrected chi connectivity index (χ1v) is 6.27. The van der Waals surface area contributed by atoms with E-state index in [-0.39, 0.29) is 17.4 Å². The zero-order valence-electron chi connectivity index (χ0n) is 11.6. The van der Waals surface area contributed by atoms with E-state index in [1.807, 2.05) is 13.8 Å². The van der Waals surface area contributed by atoms with Gasteiger partial charge in [-0.2, -0.15) is 0 Å². The lowest BCUT2D eigenvalue weighted by Crippen LogP contribution is -2.18. The fourth-order valence-corrected chi connectivity index (χ4v) is 1.81. The summed E-state index contributed by atoms with van der Waals surface area (Å²) in [5.74, 6) is -1.80. The van der Waals surface area contributed by atoms with Crippen molar-refractivity contribution in [2.24, 2.45) is 0 Å². The van der Waals surface area contributed by atoms with Crippen LogP contribution in [0.1, 0.15) is 37.0 Å². The zero-order chi connectivity index (χ0) is 15.3. The number of hydrogen-bond acceptors (Lipinski definition) is 5. The Hall–Kier alpha value is -2.18. The normalized spacial score (nSPS) is 10.4. The number of nitrogens with one attached hydrogen (secondary N) is 1. The maximum atomic E-state index is 13.8. The van der Waals surface area contributed by atoms with E-state index < -0.39 is 22.3 Å². The van der Waals surface area contributed by atoms with E-state index in [1.54, 1.807) is 0 Å². The predicted octanol–water partition coefficient (Wildman–Crippen LogP) is 3.12. The van der Waals surface area contributed by atoms with Gasteiger partial charge in [-0.25, -0.2) is 9.18 Å². The molecule has 0 fully saturated rings. The Bertz CT molecular complexity index is 515. The fraction of sp³-hybridized carbons (Fsp3) is 0.462. The average Bonchev–Trinajstić information content (AvgIpc) is 2.43. The molecule has 110 valence electrons. The molecule has 0 bridgehead atoms. The van der Waals surface area contributed by atoms with Crippen LogP contribution in [-0.2, 0) is 4.74 Å². The van der Waals surface area contributed by atoms with E-state index in [0.29, 0.717) is 0 Å². The molecule has 0 heterocycles. The average molecular weight is 284 g/mol. The van der Waals surface area contributed by atoms with Gasteiger partial charge in [0.15, 0.2) is 0 Å². The molecular formula is C13H17FN2O4. The van der Waals surface area contributed by atoms with E-state index in [4.69, 9.17) is 0 Å². The highest BCUT2D eigenvalue weighted by molar-refractivity contribution is 5.91. The van der Waals surface area contributed by atoms with Gasteiger partial charge in [0.05, 0.1) is 12.0 Å². The second-order valence-corrected chi connectivity index (χ2v) is 4.26. The van der Waals surface area contributed by atoms with Gasteiger partial charge in [-0.1, -0.05) is 13.8 Å². The van der Waals surface area contributed by atoms with Crippen molar-refractivity contribution >= 4 is 17.3 Å². The van der Waals surface area contributed by atoms with Crippen molar-refractivity contribution in [3.8, 4) is 0 Å². The number of nitro groups is 1. The summed E-state index contributed by atoms with van der Waals surface area (Å²) in [4.78, 5) is 21.7. The predicted molar refractivity (Wildman–Crippen MR) is 72.4 cm³/mol. The topological polar surface area (TPSA) is 81.5 Å². The third-order valence-corrected chi connectivity index (χ3v) is 3.03. The lowest BCUT2D eigenvalue weighted by molar-refractivity contribution is -0.384. The number of carbonyl (C=O) groups excluding carboxylic acids is 1. The van der Waals surface area contributed by atoms with Crippen molar-refractivity contribution in [1.29, 1.82) is 0 Å². The van der Waals surface area contributed by atoms with Crippen LogP contribution in [0.15, 0.2) is 12.1 Å². The van der Waals surface area contributed by atoms with Gasteiger partial charge in [-0.05, 0) is 12.8 Å². The summed E-state index contributed by atoms with van der Waals surface area (Å²) >= 11 is 0. The van der Waals surface area contributed by atoms with Crippen LogP contribution in [0.2, 0.25) is 0 Å². The molecule has 6 nitrogen and oxygen atoms in total. The molecule has 7 heteroatoms. The Labute approximate surface area is 116 Å². The van der Waals surface area contributed by atoms with Crippen LogP contribution in [0.3, 0.4) is 0 Å². The van der Waals surface area contributed by atoms with Crippen molar-refractivity contribution in [3.05, 3.63) is 33.6 Å². The molecule has 0 aromatic heterocycles. The third kappa shape index (κ3) is 3.43. The highest BCUT2D eigenvalue weighted by atomic mass is 19.1. The third-order valence-electron chi connectivity index (χ3n) is 3.03. The molecule has 0 aliphatic heterocycles. The smallest absolute Gasteiger partial charge is 0.341 e. The molecule has 0 radical (unpaired) electrons. The maximum absolute atomic E-state index is 13.8. The summed E-state index contributed by atoms with van der Waals surface area (Å²) in [6, 6.07) is 1.85. The number of esters is 1. The quantitative estimate of drug-likeness (QED) is 0.493. The summed E-state index contributed by atoms with van der Waals surface area (Å²) in [5.41, 5.74) is -0.734. The first kappa shape index (κ1) is 15.9. The van der Waals surface area contributed by atoms with Gasteiger partial charge >= 0.3 is 5.97 Å². The molecule has 0 unspecified atom stereocenters. The van der Waals surface area contributed by atoms with Gasteiger partial charge in [-0.3, -0.25) is 10.1 Å². The number of hydrogen-bond donors (Lipinski definition) is 1. The Morgan fingerprint density at radius 2 is 2.05 bits per heavy atom. The number of ether oxygens (including phenoxy) is 1. The number of methoxy groups -OCH3 is 1. The molecule has 0 aliphatic carbocycles. The Balaban J connectivity index is 3.27. The summed E-state index contributed by atoms with van der Waals surface area (Å²) in [6.07, 6.45) is 1.49. The van der Waals surface area contributed by atoms with Gasteiger partial charge in [0, 0.05) is 18.2 Å². The maximum Gasteiger partial charge on any atom is 0.341 e. The molecule has 20 heavy (non-hydrogen) atoms. The number of nitrogens with zero attached hydrogens (tertiary/aromatic N) is 1. The first-order chi connectivity index (χ1) is 9.44. The van der Waals surface area contributed by atoms with Crippen LogP contribution in [0.4, 0.5) is 15.8 Å². The van der Waals surface area contributed by atoms with Crippen LogP contribution >= 0.6 is 0 Å². The van der Waals surface area contributed by atoms with Crippen molar-refractivity contribution in [2.75, 3.05) is 12.4 Å². The van der Waals surface area contributed by atoms with Crippen molar-refractivity contribution in [2.45, 2.75) is 32.7 Å². The standard InChI is InChI=1S/C13H17FN2O4/c1-4-8(5-2)15-11-7-10(14)9(13(17)20-3)6-12(11)16(18)19/h6-8,15H,4-5H2,1-3H3. The van der Waals surface area contributed by atoms with Crippen molar-refractivity contribution in [3.63, 3.8) is 0 Å². The molecule has 1 rings (SSSR count). The van der Waals surface area contributed by atoms with E-state index in [2.05, 4.69) is 10.1 Å². The van der Waals surface area contributed by atoms with Crippen LogP contribution in [0, 0.1) is 15.9 Å². The van der Waals surface area contributed by atoms with Crippen molar-refractivity contribution < 1.29 is 18.8 Å². The fourth-order valence-electron chi connectivity index (χ4n) is 1.81. The van der Waals surface area contributed by atoms with Gasteiger partial charge in [0.1, 0.15) is 17.1 Å². The van der Waals surface area contributed by atoms with Crippen LogP contribution in [-0.4, -0.2) is 24.0 Å². The van der Waals surface area contributed by atoms with Gasteiger partial charge in [0.25, 0.3) is 5.69 Å². The number of anilines is 1. The molecule has 0 saturated carbocycles. The number of nitro benzene ring substituents is 1. The SMILES string of the molecule is CCC(CC)Nc1cc(F)c(C(=O)OC)cc1[N+](=O)[O-]. The Kier molecular flexibility index (Phi) is 5.42. The summed E-state index contributed by atoms with van der Waals surface area (Å²) in [7, 11) is 1.09. The molecule has 0 spiro atoms. The monoisotopic (exact) mass is 284 g/mol. The number of carbonyl (C=O) groups is 1. The highest BCUT2D eigenvalue weighted by Crippen LogP contribution is 2.29. The van der Waals surface area contributed by atoms with E-state index in [1.165, 1.54) is 0 Å². The number of benzene rings is 1. The molecule has 0 amide bonds. The molecule has 1 aromatic rings. The number of rotatable bonds is 6. The van der Waals surface area contributed by atoms with E-state index in [0.717, 1.165) is 32.1 Å². The van der Waals surface area contributed by atoms with E-state index >= 15 is 0 Å². The van der Waals surface area contributed by atoms with Gasteiger partial charge in [-0.15, -0.1) is 0 Å². The molecule has 0 atom stereocenters. The minimum atomic E-state index is -0.945. The molecular weight excluding hydrogens is 267 g/mol. The molecule has 1 N–H and O–H groups in total. The molecule has 0 saturated heterocycles.